The first-order chi connectivity index (χ1) is 17.1. The smallest absolute Gasteiger partial charge is 0.410 e. The lowest BCUT2D eigenvalue weighted by Gasteiger charge is -2.33. The number of hydrogen-bond acceptors (Lipinski definition) is 5. The zero-order valence-electron chi connectivity index (χ0n) is 21.4. The summed E-state index contributed by atoms with van der Waals surface area (Å²) in [6.07, 6.45) is 1.68. The van der Waals surface area contributed by atoms with Crippen LogP contribution in [-0.2, 0) is 27.4 Å². The largest absolute Gasteiger partial charge is 0.489 e. The van der Waals surface area contributed by atoms with Gasteiger partial charge in [-0.1, -0.05) is 42.5 Å². The van der Waals surface area contributed by atoms with Crippen molar-refractivity contribution in [2.45, 2.75) is 64.7 Å². The number of ether oxygens (including phenoxy) is 2. The first kappa shape index (κ1) is 27.0. The summed E-state index contributed by atoms with van der Waals surface area (Å²) < 4.78 is 11.2. The van der Waals surface area contributed by atoms with Gasteiger partial charge in [-0.05, 0) is 62.8 Å². The normalized spacial score (nSPS) is 15.1. The van der Waals surface area contributed by atoms with Crippen LogP contribution >= 0.6 is 0 Å². The molecule has 0 saturated carbocycles. The van der Waals surface area contributed by atoms with E-state index < -0.39 is 17.6 Å². The fourth-order valence-corrected chi connectivity index (χ4v) is 4.08. The molecule has 1 saturated heterocycles. The number of piperidine rings is 1. The number of amides is 3. The van der Waals surface area contributed by atoms with Crippen LogP contribution in [0.25, 0.3) is 0 Å². The maximum absolute atomic E-state index is 12.6. The van der Waals surface area contributed by atoms with E-state index in [1.807, 2.05) is 75.4 Å². The summed E-state index contributed by atoms with van der Waals surface area (Å²) in [7, 11) is 0. The Hall–Kier alpha value is -3.55. The first-order valence-electron chi connectivity index (χ1n) is 12.4. The molecule has 3 amide bonds. The van der Waals surface area contributed by atoms with Crippen molar-refractivity contribution >= 4 is 17.9 Å². The van der Waals surface area contributed by atoms with Gasteiger partial charge in [0, 0.05) is 25.9 Å². The average Bonchev–Trinajstić information content (AvgIpc) is 2.83. The van der Waals surface area contributed by atoms with Crippen molar-refractivity contribution in [2.75, 3.05) is 13.1 Å². The summed E-state index contributed by atoms with van der Waals surface area (Å²) in [5, 5.41) is 2.79. The summed E-state index contributed by atoms with van der Waals surface area (Å²) in [5.41, 5.74) is 6.99. The third kappa shape index (κ3) is 8.91. The van der Waals surface area contributed by atoms with E-state index in [-0.39, 0.29) is 24.3 Å². The molecule has 1 atom stereocenters. The van der Waals surface area contributed by atoms with Gasteiger partial charge < -0.3 is 25.4 Å². The molecule has 1 aliphatic rings. The van der Waals surface area contributed by atoms with Crippen LogP contribution in [0.4, 0.5) is 4.79 Å². The third-order valence-corrected chi connectivity index (χ3v) is 6.03. The van der Waals surface area contributed by atoms with Crippen LogP contribution in [0.2, 0.25) is 0 Å². The maximum atomic E-state index is 12.6. The van der Waals surface area contributed by atoms with E-state index in [4.69, 9.17) is 15.2 Å². The summed E-state index contributed by atoms with van der Waals surface area (Å²) >= 11 is 0. The van der Waals surface area contributed by atoms with E-state index in [0.29, 0.717) is 39.0 Å². The Bertz CT molecular complexity index is 1010. The minimum absolute atomic E-state index is 0.137. The standard InChI is InChI=1S/C28H37N3O5/c1-28(2,3)36-27(34)31-15-13-21(14-16-31)18-25(32)30-24(26(29)33)17-20-9-11-23(12-10-20)35-19-22-7-5-4-6-8-22/h4-12,21,24H,13-19H2,1-3H3,(H2,29,33)(H,30,32)/t24-/m0/s1. The zero-order valence-corrected chi connectivity index (χ0v) is 21.4. The number of nitrogens with two attached hydrogens (primary N) is 1. The zero-order chi connectivity index (χ0) is 26.1. The molecule has 0 radical (unpaired) electrons. The fraction of sp³-hybridized carbons (Fsp3) is 0.464. The number of hydrogen-bond donors (Lipinski definition) is 2. The monoisotopic (exact) mass is 495 g/mol. The molecule has 8 heteroatoms. The highest BCUT2D eigenvalue weighted by molar-refractivity contribution is 5.86. The first-order valence-corrected chi connectivity index (χ1v) is 12.4. The number of benzene rings is 2. The van der Waals surface area contributed by atoms with Gasteiger partial charge in [-0.2, -0.15) is 0 Å². The molecule has 8 nitrogen and oxygen atoms in total. The molecular weight excluding hydrogens is 458 g/mol. The van der Waals surface area contributed by atoms with Crippen molar-refractivity contribution in [3.8, 4) is 5.75 Å². The molecule has 0 unspecified atom stereocenters. The van der Waals surface area contributed by atoms with Crippen molar-refractivity contribution in [3.05, 3.63) is 65.7 Å². The molecule has 194 valence electrons. The van der Waals surface area contributed by atoms with Gasteiger partial charge in [-0.15, -0.1) is 0 Å². The Balaban J connectivity index is 1.44. The topological polar surface area (TPSA) is 111 Å². The van der Waals surface area contributed by atoms with Crippen LogP contribution in [0, 0.1) is 5.92 Å². The molecule has 0 bridgehead atoms. The maximum Gasteiger partial charge on any atom is 0.410 e. The Labute approximate surface area is 213 Å². The molecule has 2 aromatic carbocycles. The lowest BCUT2D eigenvalue weighted by molar-refractivity contribution is -0.128. The molecule has 1 heterocycles. The van der Waals surface area contributed by atoms with Gasteiger partial charge in [0.2, 0.25) is 11.8 Å². The Kier molecular flexibility index (Phi) is 9.33. The summed E-state index contributed by atoms with van der Waals surface area (Å²) in [6, 6.07) is 16.5. The number of nitrogens with one attached hydrogen (secondary N) is 1. The lowest BCUT2D eigenvalue weighted by Crippen LogP contribution is -2.47. The van der Waals surface area contributed by atoms with Crippen molar-refractivity contribution in [3.63, 3.8) is 0 Å². The minimum atomic E-state index is -0.796. The van der Waals surface area contributed by atoms with Gasteiger partial charge in [0.25, 0.3) is 0 Å². The van der Waals surface area contributed by atoms with Crippen LogP contribution in [0.3, 0.4) is 0 Å². The van der Waals surface area contributed by atoms with Crippen LogP contribution in [0.5, 0.6) is 5.75 Å². The number of likely N-dealkylation sites (tertiary alicyclic amines) is 1. The van der Waals surface area contributed by atoms with Gasteiger partial charge >= 0.3 is 6.09 Å². The Morgan fingerprint density at radius 1 is 1.00 bits per heavy atom. The molecule has 0 aliphatic carbocycles. The molecule has 1 aliphatic heterocycles. The fourth-order valence-electron chi connectivity index (χ4n) is 4.08. The van der Waals surface area contributed by atoms with E-state index in [1.165, 1.54) is 0 Å². The number of rotatable bonds is 9. The quantitative estimate of drug-likeness (QED) is 0.550. The van der Waals surface area contributed by atoms with Gasteiger partial charge in [0.1, 0.15) is 24.0 Å². The minimum Gasteiger partial charge on any atom is -0.489 e. The highest BCUT2D eigenvalue weighted by Crippen LogP contribution is 2.22. The van der Waals surface area contributed by atoms with Crippen LogP contribution in [0.1, 0.15) is 51.2 Å². The molecule has 0 spiro atoms. The second-order valence-corrected chi connectivity index (χ2v) is 10.3. The van der Waals surface area contributed by atoms with Gasteiger partial charge in [-0.25, -0.2) is 4.79 Å². The Morgan fingerprint density at radius 2 is 1.64 bits per heavy atom. The number of carbonyl (C=O) groups is 3. The van der Waals surface area contributed by atoms with E-state index in [0.717, 1.165) is 16.9 Å². The highest BCUT2D eigenvalue weighted by Gasteiger charge is 2.28. The summed E-state index contributed by atoms with van der Waals surface area (Å²) in [5.74, 6) is 0.0723. The van der Waals surface area contributed by atoms with Crippen molar-refractivity contribution in [1.29, 1.82) is 0 Å². The molecule has 3 rings (SSSR count). The molecule has 3 N–H and O–H groups in total. The molecule has 36 heavy (non-hydrogen) atoms. The second-order valence-electron chi connectivity index (χ2n) is 10.3. The van der Waals surface area contributed by atoms with E-state index in [1.54, 1.807) is 4.90 Å². The molecule has 2 aromatic rings. The molecular formula is C28H37N3O5. The van der Waals surface area contributed by atoms with Crippen LogP contribution in [-0.4, -0.2) is 47.5 Å². The third-order valence-electron chi connectivity index (χ3n) is 6.03. The van der Waals surface area contributed by atoms with Crippen molar-refractivity contribution < 1.29 is 23.9 Å². The van der Waals surface area contributed by atoms with E-state index in [9.17, 15) is 14.4 Å². The number of nitrogens with zero attached hydrogens (tertiary/aromatic N) is 1. The number of primary amides is 1. The van der Waals surface area contributed by atoms with Crippen LogP contribution < -0.4 is 15.8 Å². The number of carbonyl (C=O) groups excluding carboxylic acids is 3. The van der Waals surface area contributed by atoms with E-state index >= 15 is 0 Å². The molecule has 1 fully saturated rings. The predicted molar refractivity (Wildman–Crippen MR) is 137 cm³/mol. The van der Waals surface area contributed by atoms with Gasteiger partial charge in [0.05, 0.1) is 0 Å². The van der Waals surface area contributed by atoms with Crippen molar-refractivity contribution in [1.82, 2.24) is 10.2 Å². The SMILES string of the molecule is CC(C)(C)OC(=O)N1CCC(CC(=O)N[C@@H](Cc2ccc(OCc3ccccc3)cc2)C(N)=O)CC1. The summed E-state index contributed by atoms with van der Waals surface area (Å²) in [4.78, 5) is 38.6. The molecule has 0 aromatic heterocycles. The van der Waals surface area contributed by atoms with E-state index in [2.05, 4.69) is 5.32 Å². The van der Waals surface area contributed by atoms with Crippen LogP contribution in [0.15, 0.2) is 54.6 Å². The average molecular weight is 496 g/mol. The summed E-state index contributed by atoms with van der Waals surface area (Å²) in [6.45, 7) is 7.08. The predicted octanol–water partition coefficient (Wildman–Crippen LogP) is 3.82. The van der Waals surface area contributed by atoms with Gasteiger partial charge in [-0.3, -0.25) is 9.59 Å². The highest BCUT2D eigenvalue weighted by atomic mass is 16.6. The second kappa shape index (κ2) is 12.4. The van der Waals surface area contributed by atoms with Crippen molar-refractivity contribution in [2.24, 2.45) is 11.7 Å². The Morgan fingerprint density at radius 3 is 2.22 bits per heavy atom. The lowest BCUT2D eigenvalue weighted by atomic mass is 9.93. The van der Waals surface area contributed by atoms with Gasteiger partial charge in [0.15, 0.2) is 0 Å².